The largest absolute Gasteiger partial charge is 0.421 e. The monoisotopic (exact) mass is 410 g/mol. The molecule has 2 amide bonds. The lowest BCUT2D eigenvalue weighted by Crippen LogP contribution is -2.48. The van der Waals surface area contributed by atoms with Crippen molar-refractivity contribution >= 4 is 23.5 Å². The lowest BCUT2D eigenvalue weighted by Gasteiger charge is -2.35. The van der Waals surface area contributed by atoms with Crippen molar-refractivity contribution in [3.63, 3.8) is 0 Å². The van der Waals surface area contributed by atoms with E-state index in [-0.39, 0.29) is 13.4 Å². The SMILES string of the molecule is CC.O=C(NCC1CC1)c1ccc2c(n1)N(C(=O)Oc1ccccc1)[C@H]1CCN2C1.[HH]. The maximum atomic E-state index is 13.0. The zero-order valence-corrected chi connectivity index (χ0v) is 17.5. The number of amides is 2. The van der Waals surface area contributed by atoms with E-state index in [0.29, 0.717) is 29.7 Å². The van der Waals surface area contributed by atoms with Crippen LogP contribution >= 0.6 is 0 Å². The topological polar surface area (TPSA) is 74.8 Å². The fourth-order valence-corrected chi connectivity index (χ4v) is 3.86. The Morgan fingerprint density at radius 1 is 1.13 bits per heavy atom. The van der Waals surface area contributed by atoms with Crippen molar-refractivity contribution in [1.82, 2.24) is 10.3 Å². The van der Waals surface area contributed by atoms with Gasteiger partial charge < -0.3 is 15.0 Å². The number of nitrogens with one attached hydrogen (secondary N) is 1. The maximum Gasteiger partial charge on any atom is 0.421 e. The highest BCUT2D eigenvalue weighted by atomic mass is 16.6. The van der Waals surface area contributed by atoms with Crippen LogP contribution in [0.2, 0.25) is 0 Å². The summed E-state index contributed by atoms with van der Waals surface area (Å²) in [6.45, 7) is 6.31. The van der Waals surface area contributed by atoms with Crippen molar-refractivity contribution in [2.75, 3.05) is 29.4 Å². The molecule has 1 aromatic heterocycles. The van der Waals surface area contributed by atoms with Crippen molar-refractivity contribution in [3.8, 4) is 5.75 Å². The Kier molecular flexibility index (Phi) is 5.88. The predicted octanol–water partition coefficient (Wildman–Crippen LogP) is 4.09. The fourth-order valence-electron chi connectivity index (χ4n) is 3.86. The first-order valence-electron chi connectivity index (χ1n) is 10.8. The zero-order chi connectivity index (χ0) is 21.1. The highest BCUT2D eigenvalue weighted by molar-refractivity contribution is 5.98. The second-order valence-corrected chi connectivity index (χ2v) is 7.63. The van der Waals surface area contributed by atoms with Gasteiger partial charge in [0, 0.05) is 21.1 Å². The van der Waals surface area contributed by atoms with Crippen molar-refractivity contribution in [1.29, 1.82) is 0 Å². The van der Waals surface area contributed by atoms with Crippen LogP contribution in [0, 0.1) is 5.92 Å². The molecule has 7 nitrogen and oxygen atoms in total. The first-order valence-corrected chi connectivity index (χ1v) is 10.8. The number of pyridine rings is 1. The molecule has 2 fully saturated rings. The van der Waals surface area contributed by atoms with Gasteiger partial charge in [-0.2, -0.15) is 0 Å². The third kappa shape index (κ3) is 4.10. The van der Waals surface area contributed by atoms with Crippen LogP contribution in [-0.4, -0.2) is 42.7 Å². The summed E-state index contributed by atoms with van der Waals surface area (Å²) in [7, 11) is 0. The van der Waals surface area contributed by atoms with Crippen molar-refractivity contribution < 1.29 is 15.8 Å². The van der Waals surface area contributed by atoms with Crippen LogP contribution in [0.3, 0.4) is 0 Å². The van der Waals surface area contributed by atoms with Gasteiger partial charge in [0.25, 0.3) is 5.91 Å². The van der Waals surface area contributed by atoms with E-state index in [1.54, 1.807) is 23.1 Å². The molecule has 1 aromatic carbocycles. The summed E-state index contributed by atoms with van der Waals surface area (Å²) < 4.78 is 5.58. The normalized spacial score (nSPS) is 18.8. The maximum absolute atomic E-state index is 13.0. The summed E-state index contributed by atoms with van der Waals surface area (Å²) in [5.74, 6) is 1.40. The minimum atomic E-state index is -0.456. The van der Waals surface area contributed by atoms with Crippen LogP contribution in [0.4, 0.5) is 16.3 Å². The Bertz CT molecular complexity index is 920. The van der Waals surface area contributed by atoms with Crippen LogP contribution in [0.25, 0.3) is 0 Å². The summed E-state index contributed by atoms with van der Waals surface area (Å²) in [4.78, 5) is 33.9. The van der Waals surface area contributed by atoms with Crippen LogP contribution in [0.1, 0.15) is 45.0 Å². The van der Waals surface area contributed by atoms with E-state index >= 15 is 0 Å². The smallest absolute Gasteiger partial charge is 0.410 e. The summed E-state index contributed by atoms with van der Waals surface area (Å²) in [5.41, 5.74) is 1.21. The Labute approximate surface area is 178 Å². The third-order valence-electron chi connectivity index (χ3n) is 5.58. The number of nitrogens with zero attached hydrogens (tertiary/aromatic N) is 3. The molecule has 2 bridgehead atoms. The molecule has 7 heteroatoms. The molecule has 160 valence electrons. The molecule has 1 atom stereocenters. The van der Waals surface area contributed by atoms with Gasteiger partial charge in [0.05, 0.1) is 11.7 Å². The van der Waals surface area contributed by atoms with Crippen molar-refractivity contribution in [2.45, 2.75) is 39.2 Å². The highest BCUT2D eigenvalue weighted by Gasteiger charge is 2.41. The zero-order valence-electron chi connectivity index (χ0n) is 17.5. The Morgan fingerprint density at radius 2 is 1.90 bits per heavy atom. The molecule has 1 saturated heterocycles. The number of carbonyl (C=O) groups is 2. The predicted molar refractivity (Wildman–Crippen MR) is 118 cm³/mol. The van der Waals surface area contributed by atoms with E-state index in [2.05, 4.69) is 15.2 Å². The van der Waals surface area contributed by atoms with Crippen LogP contribution in [0.15, 0.2) is 42.5 Å². The molecule has 2 aliphatic heterocycles. The number of carbonyl (C=O) groups excluding carboxylic acids is 2. The molecule has 1 aliphatic carbocycles. The highest BCUT2D eigenvalue weighted by Crippen LogP contribution is 2.39. The molecule has 0 spiro atoms. The summed E-state index contributed by atoms with van der Waals surface area (Å²) in [6, 6.07) is 12.6. The van der Waals surface area contributed by atoms with E-state index in [4.69, 9.17) is 4.74 Å². The average molecular weight is 411 g/mol. The number of anilines is 2. The van der Waals surface area contributed by atoms with E-state index in [9.17, 15) is 9.59 Å². The van der Waals surface area contributed by atoms with Gasteiger partial charge >= 0.3 is 6.09 Å². The second kappa shape index (κ2) is 8.73. The third-order valence-corrected chi connectivity index (χ3v) is 5.58. The minimum Gasteiger partial charge on any atom is -0.410 e. The Balaban J connectivity index is 0.000000883. The number of benzene rings is 1. The number of rotatable bonds is 4. The Hall–Kier alpha value is -3.09. The number of hydrogen-bond donors (Lipinski definition) is 1. The number of ether oxygens (including phenoxy) is 1. The number of hydrogen-bond acceptors (Lipinski definition) is 5. The van der Waals surface area contributed by atoms with Gasteiger partial charge in [-0.25, -0.2) is 9.78 Å². The number of para-hydroxylation sites is 1. The quantitative estimate of drug-likeness (QED) is 0.822. The van der Waals surface area contributed by atoms with E-state index < -0.39 is 6.09 Å². The molecule has 5 rings (SSSR count). The van der Waals surface area contributed by atoms with Crippen molar-refractivity contribution in [2.24, 2.45) is 5.92 Å². The lowest BCUT2D eigenvalue weighted by atomic mass is 10.2. The number of fused-ring (bicyclic) bond motifs is 4. The fraction of sp³-hybridized carbons (Fsp3) is 0.435. The van der Waals surface area contributed by atoms with Gasteiger partial charge in [-0.05, 0) is 49.4 Å². The van der Waals surface area contributed by atoms with E-state index in [1.165, 1.54) is 12.8 Å². The molecule has 1 N–H and O–H groups in total. The molecule has 0 radical (unpaired) electrons. The average Bonchev–Trinajstić information content (AvgIpc) is 3.53. The van der Waals surface area contributed by atoms with Gasteiger partial charge in [0.2, 0.25) is 0 Å². The van der Waals surface area contributed by atoms with Gasteiger partial charge in [-0.3, -0.25) is 9.69 Å². The molecule has 3 heterocycles. The molecule has 1 saturated carbocycles. The minimum absolute atomic E-state index is 0. The molecule has 0 unspecified atom stereocenters. The van der Waals surface area contributed by atoms with Crippen molar-refractivity contribution in [3.05, 3.63) is 48.2 Å². The first-order chi connectivity index (χ1) is 14.7. The van der Waals surface area contributed by atoms with Crippen LogP contribution in [-0.2, 0) is 0 Å². The van der Waals surface area contributed by atoms with E-state index in [0.717, 1.165) is 25.2 Å². The molecule has 30 heavy (non-hydrogen) atoms. The van der Waals surface area contributed by atoms with E-state index in [1.807, 2.05) is 38.1 Å². The summed E-state index contributed by atoms with van der Waals surface area (Å²) in [6.07, 6.45) is 2.74. The summed E-state index contributed by atoms with van der Waals surface area (Å²) in [5, 5.41) is 2.94. The standard InChI is InChI=1S/C21H22N4O3.C2H6.H2/c26-20(22-12-14-6-7-14)17-8-9-18-19(23-17)25(15-10-11-24(18)13-15)21(27)28-16-4-2-1-3-5-16;1-2;/h1-5,8-9,14-15H,6-7,10-13H2,(H,22,26);1-2H3;1H/t15-;;/m0../s1. The first kappa shape index (κ1) is 20.2. The van der Waals surface area contributed by atoms with Gasteiger partial charge in [0.1, 0.15) is 11.4 Å². The summed E-state index contributed by atoms with van der Waals surface area (Å²) >= 11 is 0. The van der Waals surface area contributed by atoms with Gasteiger partial charge in [-0.15, -0.1) is 0 Å². The molecular weight excluding hydrogens is 380 g/mol. The van der Waals surface area contributed by atoms with Crippen LogP contribution in [0.5, 0.6) is 5.75 Å². The molecular formula is C23H30N4O3. The number of aromatic nitrogens is 1. The van der Waals surface area contributed by atoms with Gasteiger partial charge in [0.15, 0.2) is 5.82 Å². The second-order valence-electron chi connectivity index (χ2n) is 7.63. The Morgan fingerprint density at radius 3 is 2.63 bits per heavy atom. The lowest BCUT2D eigenvalue weighted by molar-refractivity contribution is 0.0946. The molecule has 3 aliphatic rings. The van der Waals surface area contributed by atoms with Gasteiger partial charge in [-0.1, -0.05) is 32.0 Å². The molecule has 2 aromatic rings. The van der Waals surface area contributed by atoms with Crippen LogP contribution < -0.4 is 19.9 Å².